The number of hydrogen-bond acceptors (Lipinski definition) is 2. The van der Waals surface area contributed by atoms with Gasteiger partial charge in [-0.3, -0.25) is 4.79 Å². The Morgan fingerprint density at radius 3 is 2.88 bits per heavy atom. The van der Waals surface area contributed by atoms with Crippen molar-refractivity contribution >= 4 is 5.78 Å². The van der Waals surface area contributed by atoms with E-state index in [1.54, 1.807) is 0 Å². The fourth-order valence-electron chi connectivity index (χ4n) is 2.77. The molecule has 1 saturated carbocycles. The standard InChI is InChI=1S/C15H24O2/c1-4-6-7-10-14(16)15(17-5-2)11-8-9-13(3)12-15/h13H,5,7-12H2,1-3H3. The number of carbonyl (C=O) groups excluding carboxylic acids is 1. The van der Waals surface area contributed by atoms with Crippen LogP contribution in [0.15, 0.2) is 0 Å². The maximum atomic E-state index is 12.3. The molecule has 2 unspecified atom stereocenters. The van der Waals surface area contributed by atoms with Gasteiger partial charge in [0.15, 0.2) is 5.78 Å². The highest BCUT2D eigenvalue weighted by atomic mass is 16.5. The van der Waals surface area contributed by atoms with Gasteiger partial charge in [-0.25, -0.2) is 0 Å². The number of hydrogen-bond donors (Lipinski definition) is 0. The lowest BCUT2D eigenvalue weighted by molar-refractivity contribution is -0.151. The van der Waals surface area contributed by atoms with Crippen LogP contribution < -0.4 is 0 Å². The summed E-state index contributed by atoms with van der Waals surface area (Å²) in [6.07, 6.45) is 5.30. The lowest BCUT2D eigenvalue weighted by atomic mass is 9.75. The Labute approximate surface area is 105 Å². The van der Waals surface area contributed by atoms with Gasteiger partial charge in [0.05, 0.1) is 0 Å². The van der Waals surface area contributed by atoms with Crippen LogP contribution >= 0.6 is 0 Å². The molecule has 2 atom stereocenters. The van der Waals surface area contributed by atoms with Crippen molar-refractivity contribution in [2.45, 2.75) is 64.9 Å². The summed E-state index contributed by atoms with van der Waals surface area (Å²) >= 11 is 0. The van der Waals surface area contributed by atoms with E-state index >= 15 is 0 Å². The Morgan fingerprint density at radius 2 is 2.29 bits per heavy atom. The number of Topliss-reactive ketones (excluding diaryl/α,β-unsaturated/α-hetero) is 1. The molecule has 96 valence electrons. The summed E-state index contributed by atoms with van der Waals surface area (Å²) in [6, 6.07) is 0. The normalized spacial score (nSPS) is 28.3. The molecule has 2 heteroatoms. The van der Waals surface area contributed by atoms with Gasteiger partial charge < -0.3 is 4.74 Å². The zero-order valence-electron chi connectivity index (χ0n) is 11.3. The highest BCUT2D eigenvalue weighted by molar-refractivity contribution is 5.87. The molecule has 0 aromatic heterocycles. The van der Waals surface area contributed by atoms with Gasteiger partial charge in [-0.1, -0.05) is 13.3 Å². The van der Waals surface area contributed by atoms with Gasteiger partial charge >= 0.3 is 0 Å². The van der Waals surface area contributed by atoms with Crippen LogP contribution in [0.3, 0.4) is 0 Å². The molecule has 1 fully saturated rings. The summed E-state index contributed by atoms with van der Waals surface area (Å²) in [6.45, 7) is 6.62. The molecule has 0 saturated heterocycles. The Balaban J connectivity index is 2.67. The molecule has 0 aromatic rings. The molecule has 2 nitrogen and oxygen atoms in total. The predicted molar refractivity (Wildman–Crippen MR) is 69.7 cm³/mol. The average molecular weight is 236 g/mol. The fraction of sp³-hybridized carbons (Fsp3) is 0.800. The molecule has 0 spiro atoms. The molecule has 0 radical (unpaired) electrons. The molecule has 0 N–H and O–H groups in total. The van der Waals surface area contributed by atoms with Crippen molar-refractivity contribution in [3.63, 3.8) is 0 Å². The van der Waals surface area contributed by atoms with Crippen LogP contribution in [0.2, 0.25) is 0 Å². The van der Waals surface area contributed by atoms with E-state index in [0.29, 0.717) is 25.4 Å². The van der Waals surface area contributed by atoms with Crippen LogP contribution in [0.1, 0.15) is 59.3 Å². The smallest absolute Gasteiger partial charge is 0.165 e. The number of ketones is 1. The van der Waals surface area contributed by atoms with Crippen molar-refractivity contribution < 1.29 is 9.53 Å². The quantitative estimate of drug-likeness (QED) is 0.684. The first-order chi connectivity index (χ1) is 8.14. The van der Waals surface area contributed by atoms with E-state index in [4.69, 9.17) is 4.74 Å². The SMILES string of the molecule is CC#CCCC(=O)C1(OCC)CCCC(C)C1. The molecule has 0 bridgehead atoms. The van der Waals surface area contributed by atoms with Crippen LogP contribution in [-0.4, -0.2) is 18.0 Å². The summed E-state index contributed by atoms with van der Waals surface area (Å²) in [5.74, 6) is 6.65. The van der Waals surface area contributed by atoms with Crippen molar-refractivity contribution in [1.29, 1.82) is 0 Å². The minimum Gasteiger partial charge on any atom is -0.367 e. The molecule has 0 aromatic carbocycles. The van der Waals surface area contributed by atoms with E-state index in [1.807, 2.05) is 13.8 Å². The molecular formula is C15H24O2. The first-order valence-corrected chi connectivity index (χ1v) is 6.71. The third-order valence-electron chi connectivity index (χ3n) is 3.54. The van der Waals surface area contributed by atoms with Crippen molar-refractivity contribution in [3.05, 3.63) is 0 Å². The largest absolute Gasteiger partial charge is 0.367 e. The summed E-state index contributed by atoms with van der Waals surface area (Å²) in [5, 5.41) is 0. The van der Waals surface area contributed by atoms with Crippen molar-refractivity contribution in [2.24, 2.45) is 5.92 Å². The second kappa shape index (κ2) is 6.81. The predicted octanol–water partition coefficient (Wildman–Crippen LogP) is 3.34. The van der Waals surface area contributed by atoms with Crippen molar-refractivity contribution in [3.8, 4) is 11.8 Å². The minimum atomic E-state index is -0.498. The Bertz CT molecular complexity index is 307. The third-order valence-corrected chi connectivity index (χ3v) is 3.54. The summed E-state index contributed by atoms with van der Waals surface area (Å²) in [7, 11) is 0. The molecule has 0 aliphatic heterocycles. The third kappa shape index (κ3) is 3.85. The van der Waals surface area contributed by atoms with E-state index in [0.717, 1.165) is 19.3 Å². The average Bonchev–Trinajstić information content (AvgIpc) is 2.29. The zero-order chi connectivity index (χ0) is 12.7. The monoisotopic (exact) mass is 236 g/mol. The molecule has 0 amide bonds. The second-order valence-electron chi connectivity index (χ2n) is 4.98. The van der Waals surface area contributed by atoms with Crippen LogP contribution in [0.5, 0.6) is 0 Å². The first kappa shape index (κ1) is 14.3. The molecular weight excluding hydrogens is 212 g/mol. The highest BCUT2D eigenvalue weighted by Crippen LogP contribution is 2.36. The lowest BCUT2D eigenvalue weighted by Crippen LogP contribution is -2.45. The Kier molecular flexibility index (Phi) is 5.71. The first-order valence-electron chi connectivity index (χ1n) is 6.71. The molecule has 17 heavy (non-hydrogen) atoms. The molecule has 0 heterocycles. The highest BCUT2D eigenvalue weighted by Gasteiger charge is 2.41. The van der Waals surface area contributed by atoms with Gasteiger partial charge in [0.25, 0.3) is 0 Å². The van der Waals surface area contributed by atoms with Crippen LogP contribution in [0.25, 0.3) is 0 Å². The number of carbonyl (C=O) groups is 1. The van der Waals surface area contributed by atoms with Crippen LogP contribution in [0, 0.1) is 17.8 Å². The summed E-state index contributed by atoms with van der Waals surface area (Å²) in [5.41, 5.74) is -0.498. The molecule has 1 rings (SSSR count). The molecule has 1 aliphatic rings. The van der Waals surface area contributed by atoms with Gasteiger partial charge in [-0.15, -0.1) is 11.8 Å². The van der Waals surface area contributed by atoms with Crippen LogP contribution in [-0.2, 0) is 9.53 Å². The maximum Gasteiger partial charge on any atom is 0.165 e. The van der Waals surface area contributed by atoms with Gasteiger partial charge in [0, 0.05) is 19.4 Å². The van der Waals surface area contributed by atoms with E-state index in [9.17, 15) is 4.79 Å². The van der Waals surface area contributed by atoms with Gasteiger partial charge in [-0.05, 0) is 39.0 Å². The topological polar surface area (TPSA) is 26.3 Å². The van der Waals surface area contributed by atoms with Gasteiger partial charge in [0.1, 0.15) is 5.60 Å². The van der Waals surface area contributed by atoms with E-state index < -0.39 is 5.60 Å². The number of rotatable bonds is 5. The summed E-state index contributed by atoms with van der Waals surface area (Å²) in [4.78, 5) is 12.3. The van der Waals surface area contributed by atoms with Crippen molar-refractivity contribution in [2.75, 3.05) is 6.61 Å². The van der Waals surface area contributed by atoms with Gasteiger partial charge in [-0.2, -0.15) is 0 Å². The summed E-state index contributed by atoms with van der Waals surface area (Å²) < 4.78 is 5.84. The van der Waals surface area contributed by atoms with Crippen molar-refractivity contribution in [1.82, 2.24) is 0 Å². The van der Waals surface area contributed by atoms with E-state index in [1.165, 1.54) is 6.42 Å². The van der Waals surface area contributed by atoms with E-state index in [2.05, 4.69) is 18.8 Å². The zero-order valence-corrected chi connectivity index (χ0v) is 11.3. The lowest BCUT2D eigenvalue weighted by Gasteiger charge is -2.38. The Morgan fingerprint density at radius 1 is 1.53 bits per heavy atom. The number of ether oxygens (including phenoxy) is 1. The van der Waals surface area contributed by atoms with Crippen LogP contribution in [0.4, 0.5) is 0 Å². The maximum absolute atomic E-state index is 12.3. The minimum absolute atomic E-state index is 0.258. The molecule has 1 aliphatic carbocycles. The van der Waals surface area contributed by atoms with Gasteiger partial charge in [0.2, 0.25) is 0 Å². The fourth-order valence-corrected chi connectivity index (χ4v) is 2.77. The second-order valence-corrected chi connectivity index (χ2v) is 4.98. The Hall–Kier alpha value is -0.810. The van der Waals surface area contributed by atoms with E-state index in [-0.39, 0.29) is 5.78 Å².